The Morgan fingerprint density at radius 3 is 1.90 bits per heavy atom. The molecule has 0 unspecified atom stereocenters. The van der Waals surface area contributed by atoms with Crippen molar-refractivity contribution in [2.75, 3.05) is 0 Å². The van der Waals surface area contributed by atoms with Crippen LogP contribution in [-0.2, 0) is 19.6 Å². The van der Waals surface area contributed by atoms with Crippen molar-refractivity contribution in [3.63, 3.8) is 0 Å². The minimum Gasteiger partial charge on any atom is -0.456 e. The minimum absolute atomic E-state index is 0.0485. The highest BCUT2D eigenvalue weighted by atomic mass is 32.2. The Balaban J connectivity index is 1.74. The second-order valence-corrected chi connectivity index (χ2v) is 7.76. The third-order valence-corrected chi connectivity index (χ3v) is 5.76. The number of hydrogen-bond donors (Lipinski definition) is 1. The lowest BCUT2D eigenvalue weighted by Crippen LogP contribution is -2.52. The van der Waals surface area contributed by atoms with Gasteiger partial charge in [-0.3, -0.25) is 4.55 Å². The number of halogens is 2. The zero-order valence-electron chi connectivity index (χ0n) is 10.7. The van der Waals surface area contributed by atoms with E-state index < -0.39 is 27.4 Å². The summed E-state index contributed by atoms with van der Waals surface area (Å²) in [5.74, 6) is -0.902. The van der Waals surface area contributed by atoms with E-state index in [1.54, 1.807) is 0 Å². The summed E-state index contributed by atoms with van der Waals surface area (Å²) in [5, 5.41) is -4.89. The normalized spacial score (nSPS) is 39.9. The maximum Gasteiger partial charge on any atom is 0.465 e. The van der Waals surface area contributed by atoms with E-state index in [0.29, 0.717) is 11.8 Å². The first-order valence-corrected chi connectivity index (χ1v) is 8.18. The molecule has 0 aromatic rings. The molecular formula is C12H16F2O5S. The fourth-order valence-corrected chi connectivity index (χ4v) is 4.62. The van der Waals surface area contributed by atoms with Gasteiger partial charge in [-0.25, -0.2) is 4.79 Å². The Morgan fingerprint density at radius 1 is 1.05 bits per heavy atom. The summed E-state index contributed by atoms with van der Waals surface area (Å²) in [6.45, 7) is 0. The molecule has 0 aliphatic heterocycles. The lowest BCUT2D eigenvalue weighted by molar-refractivity contribution is -0.186. The monoisotopic (exact) mass is 310 g/mol. The van der Waals surface area contributed by atoms with Crippen molar-refractivity contribution < 1.29 is 31.3 Å². The van der Waals surface area contributed by atoms with Crippen LogP contribution in [0.25, 0.3) is 0 Å². The van der Waals surface area contributed by atoms with Crippen LogP contribution in [0.1, 0.15) is 32.1 Å². The highest BCUT2D eigenvalue weighted by molar-refractivity contribution is 7.87. The summed E-state index contributed by atoms with van der Waals surface area (Å²) >= 11 is 0. The van der Waals surface area contributed by atoms with Crippen molar-refractivity contribution in [1.29, 1.82) is 0 Å². The van der Waals surface area contributed by atoms with Crippen molar-refractivity contribution in [2.24, 2.45) is 23.7 Å². The Kier molecular flexibility index (Phi) is 3.10. The van der Waals surface area contributed by atoms with Gasteiger partial charge in [0.15, 0.2) is 0 Å². The van der Waals surface area contributed by atoms with E-state index in [2.05, 4.69) is 0 Å². The second-order valence-electron chi connectivity index (χ2n) is 6.29. The molecule has 0 radical (unpaired) electrons. The lowest BCUT2D eigenvalue weighted by Gasteiger charge is -2.53. The van der Waals surface area contributed by atoms with Crippen molar-refractivity contribution in [3.05, 3.63) is 0 Å². The summed E-state index contributed by atoms with van der Waals surface area (Å²) < 4.78 is 60.8. The predicted octanol–water partition coefficient (Wildman–Crippen LogP) is 1.83. The molecule has 4 fully saturated rings. The first-order chi connectivity index (χ1) is 9.18. The average molecular weight is 310 g/mol. The number of alkyl halides is 2. The van der Waals surface area contributed by atoms with Gasteiger partial charge in [0, 0.05) is 0 Å². The molecule has 4 bridgehead atoms. The van der Waals surface area contributed by atoms with Crippen LogP contribution in [0.3, 0.4) is 0 Å². The van der Waals surface area contributed by atoms with E-state index in [9.17, 15) is 22.0 Å². The summed E-state index contributed by atoms with van der Waals surface area (Å²) in [5.41, 5.74) is 0. The first-order valence-electron chi connectivity index (χ1n) is 6.74. The van der Waals surface area contributed by atoms with Crippen molar-refractivity contribution in [2.45, 2.75) is 43.5 Å². The third-order valence-electron chi connectivity index (χ3n) is 4.94. The van der Waals surface area contributed by atoms with Gasteiger partial charge in [0.05, 0.1) is 0 Å². The van der Waals surface area contributed by atoms with Crippen LogP contribution in [0.5, 0.6) is 0 Å². The molecule has 5 nitrogen and oxygen atoms in total. The second kappa shape index (κ2) is 4.37. The van der Waals surface area contributed by atoms with Gasteiger partial charge < -0.3 is 4.74 Å². The van der Waals surface area contributed by atoms with Crippen LogP contribution < -0.4 is 0 Å². The van der Waals surface area contributed by atoms with Crippen LogP contribution in [0.15, 0.2) is 0 Å². The number of carbonyl (C=O) groups excluding carboxylic acids is 1. The topological polar surface area (TPSA) is 80.7 Å². The molecule has 0 aromatic carbocycles. The molecule has 4 rings (SSSR count). The van der Waals surface area contributed by atoms with E-state index in [1.165, 1.54) is 0 Å². The van der Waals surface area contributed by atoms with Crippen LogP contribution >= 0.6 is 0 Å². The third kappa shape index (κ3) is 2.13. The number of ether oxygens (including phenoxy) is 1. The van der Waals surface area contributed by atoms with Crippen molar-refractivity contribution in [3.8, 4) is 0 Å². The molecule has 8 heteroatoms. The molecule has 0 heterocycles. The quantitative estimate of drug-likeness (QED) is 0.635. The maximum absolute atomic E-state index is 13.2. The van der Waals surface area contributed by atoms with Gasteiger partial charge in [-0.05, 0) is 55.8 Å². The molecule has 20 heavy (non-hydrogen) atoms. The molecule has 4 aliphatic rings. The SMILES string of the molecule is O=C(OC1C2CC3CC(C2)CC1C3)C(F)(F)S(=O)(=O)O. The fourth-order valence-electron chi connectivity index (χ4n) is 4.37. The molecule has 0 atom stereocenters. The van der Waals surface area contributed by atoms with Crippen LogP contribution in [0, 0.1) is 23.7 Å². The molecule has 0 aromatic heterocycles. The molecule has 114 valence electrons. The Morgan fingerprint density at radius 2 is 1.50 bits per heavy atom. The van der Waals surface area contributed by atoms with E-state index in [1.807, 2.05) is 0 Å². The predicted molar refractivity (Wildman–Crippen MR) is 63.4 cm³/mol. The Hall–Kier alpha value is -0.760. The van der Waals surface area contributed by atoms with Gasteiger partial charge >= 0.3 is 21.3 Å². The summed E-state index contributed by atoms with van der Waals surface area (Å²) in [7, 11) is -5.79. The van der Waals surface area contributed by atoms with Crippen molar-refractivity contribution in [1.82, 2.24) is 0 Å². The van der Waals surface area contributed by atoms with Gasteiger partial charge in [0.2, 0.25) is 0 Å². The Bertz CT molecular complexity index is 502. The zero-order chi connectivity index (χ0) is 14.7. The highest BCUT2D eigenvalue weighted by Crippen LogP contribution is 2.54. The average Bonchev–Trinajstić information content (AvgIpc) is 2.31. The zero-order valence-corrected chi connectivity index (χ0v) is 11.5. The number of esters is 1. The number of hydrogen-bond acceptors (Lipinski definition) is 4. The fraction of sp³-hybridized carbons (Fsp3) is 0.917. The molecule has 0 amide bonds. The minimum atomic E-state index is -5.79. The summed E-state index contributed by atoms with van der Waals surface area (Å²) in [4.78, 5) is 11.4. The van der Waals surface area contributed by atoms with Crippen LogP contribution in [0.2, 0.25) is 0 Å². The van der Waals surface area contributed by atoms with Gasteiger partial charge in [-0.15, -0.1) is 0 Å². The largest absolute Gasteiger partial charge is 0.465 e. The standard InChI is InChI=1S/C12H16F2O5S/c13-12(14,20(16,17)18)11(15)19-10-8-2-6-1-7(4-8)5-9(10)3-6/h6-10H,1-5H2,(H,16,17,18). The number of rotatable bonds is 3. The summed E-state index contributed by atoms with van der Waals surface area (Å²) in [6.07, 6.45) is 3.92. The van der Waals surface area contributed by atoms with Gasteiger partial charge in [-0.1, -0.05) is 0 Å². The van der Waals surface area contributed by atoms with Gasteiger partial charge in [0.25, 0.3) is 0 Å². The molecule has 1 N–H and O–H groups in total. The van der Waals surface area contributed by atoms with Crippen LogP contribution in [0.4, 0.5) is 8.78 Å². The maximum atomic E-state index is 13.2. The van der Waals surface area contributed by atoms with Gasteiger partial charge in [-0.2, -0.15) is 17.2 Å². The van der Waals surface area contributed by atoms with E-state index in [4.69, 9.17) is 9.29 Å². The van der Waals surface area contributed by atoms with Gasteiger partial charge in [0.1, 0.15) is 6.10 Å². The molecule has 0 spiro atoms. The molecular weight excluding hydrogens is 294 g/mol. The van der Waals surface area contributed by atoms with E-state index >= 15 is 0 Å². The van der Waals surface area contributed by atoms with Crippen LogP contribution in [-0.4, -0.2) is 30.3 Å². The van der Waals surface area contributed by atoms with E-state index in [0.717, 1.165) is 32.1 Å². The van der Waals surface area contributed by atoms with Crippen molar-refractivity contribution >= 4 is 16.1 Å². The highest BCUT2D eigenvalue weighted by Gasteiger charge is 2.57. The summed E-state index contributed by atoms with van der Waals surface area (Å²) in [6, 6.07) is 0. The molecule has 0 saturated heterocycles. The lowest BCUT2D eigenvalue weighted by atomic mass is 9.55. The molecule has 4 saturated carbocycles. The smallest absolute Gasteiger partial charge is 0.456 e. The Labute approximate surface area is 115 Å². The number of carbonyl (C=O) groups is 1. The van der Waals surface area contributed by atoms with E-state index in [-0.39, 0.29) is 11.8 Å². The molecule has 4 aliphatic carbocycles. The first kappa shape index (κ1) is 14.2.